The molecule has 2 aliphatic rings. The van der Waals surface area contributed by atoms with Crippen LogP contribution in [0.1, 0.15) is 41.6 Å². The molecule has 1 N–H and O–H groups in total. The van der Waals surface area contributed by atoms with Crippen molar-refractivity contribution in [3.05, 3.63) is 35.4 Å². The summed E-state index contributed by atoms with van der Waals surface area (Å²) in [6.45, 7) is 5.06. The third-order valence-electron chi connectivity index (χ3n) is 4.67. The molecule has 1 aromatic rings. The minimum absolute atomic E-state index is 0.132. The number of nitrogens with one attached hydrogen (secondary N) is 1. The Morgan fingerprint density at radius 3 is 2.53 bits per heavy atom. The number of hydrogen-bond acceptors (Lipinski definition) is 2. The first-order chi connectivity index (χ1) is 9.21. The molecule has 2 fully saturated rings. The lowest BCUT2D eigenvalue weighted by molar-refractivity contribution is 0.0519. The highest BCUT2D eigenvalue weighted by molar-refractivity contribution is 5.95. The summed E-state index contributed by atoms with van der Waals surface area (Å²) >= 11 is 0. The number of benzene rings is 1. The first-order valence-electron chi connectivity index (χ1n) is 7.31. The maximum atomic E-state index is 12.7. The van der Waals surface area contributed by atoms with Gasteiger partial charge in [0.15, 0.2) is 0 Å². The molecule has 2 aliphatic heterocycles. The van der Waals surface area contributed by atoms with Crippen LogP contribution in [0.3, 0.4) is 0 Å². The lowest BCUT2D eigenvalue weighted by Crippen LogP contribution is -2.53. The van der Waals surface area contributed by atoms with Crippen LogP contribution >= 0.6 is 0 Å². The molecule has 0 atom stereocenters. The van der Waals surface area contributed by atoms with E-state index in [4.69, 9.17) is 0 Å². The van der Waals surface area contributed by atoms with Crippen LogP contribution < -0.4 is 5.32 Å². The topological polar surface area (TPSA) is 32.3 Å². The maximum absolute atomic E-state index is 12.7. The minimum Gasteiger partial charge on any atom is -0.333 e. The molecule has 3 heteroatoms. The van der Waals surface area contributed by atoms with Gasteiger partial charge in [0.1, 0.15) is 0 Å². The number of likely N-dealkylation sites (tertiary alicyclic amines) is 1. The average Bonchev–Trinajstić information content (AvgIpc) is 2.83. The molecule has 0 radical (unpaired) electrons. The van der Waals surface area contributed by atoms with E-state index in [9.17, 15) is 4.79 Å². The Kier molecular flexibility index (Phi) is 3.31. The SMILES string of the molecule is Cc1ccc(C(=O)N2CCCC23CCNCC3)cc1. The lowest BCUT2D eigenvalue weighted by atomic mass is 9.85. The Morgan fingerprint density at radius 2 is 1.84 bits per heavy atom. The van der Waals surface area contributed by atoms with Crippen molar-refractivity contribution < 1.29 is 4.79 Å². The summed E-state index contributed by atoms with van der Waals surface area (Å²) in [7, 11) is 0. The van der Waals surface area contributed by atoms with Gasteiger partial charge in [-0.1, -0.05) is 17.7 Å². The molecule has 0 aliphatic carbocycles. The van der Waals surface area contributed by atoms with Crippen LogP contribution in [0.4, 0.5) is 0 Å². The van der Waals surface area contributed by atoms with E-state index in [0.717, 1.165) is 44.5 Å². The second kappa shape index (κ2) is 4.97. The first-order valence-corrected chi connectivity index (χ1v) is 7.31. The maximum Gasteiger partial charge on any atom is 0.254 e. The Bertz CT molecular complexity index is 460. The summed E-state index contributed by atoms with van der Waals surface area (Å²) in [6, 6.07) is 7.98. The fourth-order valence-electron chi connectivity index (χ4n) is 3.52. The average molecular weight is 258 g/mol. The molecule has 3 rings (SSSR count). The van der Waals surface area contributed by atoms with Crippen LogP contribution in [0, 0.1) is 6.92 Å². The molecule has 1 aromatic carbocycles. The highest BCUT2D eigenvalue weighted by Gasteiger charge is 2.44. The zero-order valence-electron chi connectivity index (χ0n) is 11.6. The number of piperidine rings is 1. The van der Waals surface area contributed by atoms with E-state index in [1.165, 1.54) is 12.0 Å². The van der Waals surface area contributed by atoms with Crippen LogP contribution in [-0.4, -0.2) is 36.0 Å². The fourth-order valence-corrected chi connectivity index (χ4v) is 3.52. The van der Waals surface area contributed by atoms with E-state index < -0.39 is 0 Å². The van der Waals surface area contributed by atoms with Crippen molar-refractivity contribution in [3.8, 4) is 0 Å². The van der Waals surface area contributed by atoms with E-state index in [1.807, 2.05) is 24.3 Å². The van der Waals surface area contributed by atoms with E-state index in [1.54, 1.807) is 0 Å². The van der Waals surface area contributed by atoms with Gasteiger partial charge in [0.25, 0.3) is 5.91 Å². The quantitative estimate of drug-likeness (QED) is 0.838. The van der Waals surface area contributed by atoms with Crippen LogP contribution in [0.2, 0.25) is 0 Å². The molecule has 0 unspecified atom stereocenters. The van der Waals surface area contributed by atoms with Crippen LogP contribution in [0.5, 0.6) is 0 Å². The van der Waals surface area contributed by atoms with Crippen molar-refractivity contribution in [2.24, 2.45) is 0 Å². The monoisotopic (exact) mass is 258 g/mol. The van der Waals surface area contributed by atoms with Gasteiger partial charge in [-0.25, -0.2) is 0 Å². The van der Waals surface area contributed by atoms with E-state index in [-0.39, 0.29) is 11.4 Å². The lowest BCUT2D eigenvalue weighted by Gasteiger charge is -2.42. The van der Waals surface area contributed by atoms with Crippen LogP contribution in [0.25, 0.3) is 0 Å². The smallest absolute Gasteiger partial charge is 0.254 e. The molecule has 1 spiro atoms. The van der Waals surface area contributed by atoms with Gasteiger partial charge in [0, 0.05) is 17.6 Å². The van der Waals surface area contributed by atoms with Gasteiger partial charge >= 0.3 is 0 Å². The number of aryl methyl sites for hydroxylation is 1. The van der Waals surface area contributed by atoms with Crippen molar-refractivity contribution in [1.82, 2.24) is 10.2 Å². The molecule has 1 amide bonds. The predicted octanol–water partition coefficient (Wildman–Crippen LogP) is 2.35. The predicted molar refractivity (Wildman–Crippen MR) is 76.3 cm³/mol. The molecule has 0 saturated carbocycles. The third kappa shape index (κ3) is 2.27. The van der Waals surface area contributed by atoms with Gasteiger partial charge in [-0.3, -0.25) is 4.79 Å². The van der Waals surface area contributed by atoms with Crippen molar-refractivity contribution in [3.63, 3.8) is 0 Å². The largest absolute Gasteiger partial charge is 0.333 e. The molecule has 2 heterocycles. The van der Waals surface area contributed by atoms with E-state index in [2.05, 4.69) is 17.1 Å². The summed E-state index contributed by atoms with van der Waals surface area (Å²) < 4.78 is 0. The van der Waals surface area contributed by atoms with Crippen LogP contribution in [0.15, 0.2) is 24.3 Å². The zero-order valence-corrected chi connectivity index (χ0v) is 11.6. The second-order valence-corrected chi connectivity index (χ2v) is 5.90. The van der Waals surface area contributed by atoms with Gasteiger partial charge < -0.3 is 10.2 Å². The van der Waals surface area contributed by atoms with Gasteiger partial charge in [-0.05, 0) is 57.8 Å². The van der Waals surface area contributed by atoms with E-state index >= 15 is 0 Å². The van der Waals surface area contributed by atoms with Crippen LogP contribution in [-0.2, 0) is 0 Å². The summed E-state index contributed by atoms with van der Waals surface area (Å²) in [4.78, 5) is 14.9. The molecule has 2 saturated heterocycles. The second-order valence-electron chi connectivity index (χ2n) is 5.90. The Balaban J connectivity index is 1.84. The van der Waals surface area contributed by atoms with Gasteiger partial charge in [-0.2, -0.15) is 0 Å². The normalized spacial score (nSPS) is 21.8. The number of rotatable bonds is 1. The number of carbonyl (C=O) groups is 1. The van der Waals surface area contributed by atoms with Gasteiger partial charge in [0.2, 0.25) is 0 Å². The van der Waals surface area contributed by atoms with Gasteiger partial charge in [0.05, 0.1) is 0 Å². The van der Waals surface area contributed by atoms with Crippen molar-refractivity contribution in [1.29, 1.82) is 0 Å². The Hall–Kier alpha value is -1.35. The van der Waals surface area contributed by atoms with Gasteiger partial charge in [-0.15, -0.1) is 0 Å². The molecule has 19 heavy (non-hydrogen) atoms. The molecule has 0 aromatic heterocycles. The summed E-state index contributed by atoms with van der Waals surface area (Å²) in [5.74, 6) is 0.222. The Labute approximate surface area is 115 Å². The standard InChI is InChI=1S/C16H22N2O/c1-13-3-5-14(6-4-13)15(19)18-12-2-7-16(18)8-10-17-11-9-16/h3-6,17H,2,7-12H2,1H3. The number of nitrogens with zero attached hydrogens (tertiary/aromatic N) is 1. The number of hydrogen-bond donors (Lipinski definition) is 1. The molecular weight excluding hydrogens is 236 g/mol. The Morgan fingerprint density at radius 1 is 1.16 bits per heavy atom. The number of carbonyl (C=O) groups excluding carboxylic acids is 1. The van der Waals surface area contributed by atoms with Crippen molar-refractivity contribution >= 4 is 5.91 Å². The highest BCUT2D eigenvalue weighted by Crippen LogP contribution is 2.37. The molecular formula is C16H22N2O. The number of amides is 1. The molecule has 3 nitrogen and oxygen atoms in total. The van der Waals surface area contributed by atoms with E-state index in [0.29, 0.717) is 0 Å². The summed E-state index contributed by atoms with van der Waals surface area (Å²) in [5.41, 5.74) is 2.17. The highest BCUT2D eigenvalue weighted by atomic mass is 16.2. The first kappa shape index (κ1) is 12.7. The van der Waals surface area contributed by atoms with Crippen molar-refractivity contribution in [2.45, 2.75) is 38.1 Å². The summed E-state index contributed by atoms with van der Waals surface area (Å²) in [6.07, 6.45) is 4.53. The third-order valence-corrected chi connectivity index (χ3v) is 4.67. The summed E-state index contributed by atoms with van der Waals surface area (Å²) in [5, 5.41) is 3.40. The molecule has 102 valence electrons. The fraction of sp³-hybridized carbons (Fsp3) is 0.562. The minimum atomic E-state index is 0.132. The zero-order chi connectivity index (χ0) is 13.3. The van der Waals surface area contributed by atoms with Crippen molar-refractivity contribution in [2.75, 3.05) is 19.6 Å². The molecule has 0 bridgehead atoms.